The summed E-state index contributed by atoms with van der Waals surface area (Å²) in [4.78, 5) is 3.79. The molecule has 13 heavy (non-hydrogen) atoms. The molecule has 0 atom stereocenters. The number of hydrogen-bond acceptors (Lipinski definition) is 3. The monoisotopic (exact) mass is 193 g/mol. The first kappa shape index (κ1) is 10.8. The Labute approximate surface area is 77.5 Å². The standard InChI is InChI=1S/C8H17F2N3/c1-12(2)7-3-13(4-7)6-8(9,10)5-11/h7H,3-6,11H2,1-2H3. The molecule has 0 amide bonds. The number of alkyl halides is 2. The van der Waals surface area contributed by atoms with E-state index in [-0.39, 0.29) is 6.54 Å². The van der Waals surface area contributed by atoms with Crippen molar-refractivity contribution in [2.75, 3.05) is 40.3 Å². The van der Waals surface area contributed by atoms with Crippen molar-refractivity contribution in [3.05, 3.63) is 0 Å². The molecule has 0 bridgehead atoms. The number of likely N-dealkylation sites (N-methyl/N-ethyl adjacent to an activating group) is 1. The van der Waals surface area contributed by atoms with Gasteiger partial charge in [0, 0.05) is 19.1 Å². The van der Waals surface area contributed by atoms with Crippen molar-refractivity contribution in [1.29, 1.82) is 0 Å². The molecular weight excluding hydrogens is 176 g/mol. The van der Waals surface area contributed by atoms with Crippen molar-refractivity contribution in [2.24, 2.45) is 5.73 Å². The molecule has 1 saturated heterocycles. The lowest BCUT2D eigenvalue weighted by molar-refractivity contribution is -0.0573. The minimum atomic E-state index is -2.72. The van der Waals surface area contributed by atoms with Gasteiger partial charge in [0.25, 0.3) is 5.92 Å². The molecule has 0 unspecified atom stereocenters. The second-order valence-electron chi connectivity index (χ2n) is 3.87. The van der Waals surface area contributed by atoms with Gasteiger partial charge in [-0.05, 0) is 14.1 Å². The van der Waals surface area contributed by atoms with Crippen LogP contribution in [0.3, 0.4) is 0 Å². The first-order valence-corrected chi connectivity index (χ1v) is 4.41. The lowest BCUT2D eigenvalue weighted by Crippen LogP contribution is -2.60. The van der Waals surface area contributed by atoms with E-state index >= 15 is 0 Å². The third-order valence-electron chi connectivity index (χ3n) is 2.42. The molecule has 1 fully saturated rings. The summed E-state index contributed by atoms with van der Waals surface area (Å²) in [6.07, 6.45) is 0. The first-order valence-electron chi connectivity index (χ1n) is 4.41. The molecule has 78 valence electrons. The summed E-state index contributed by atoms with van der Waals surface area (Å²) < 4.78 is 25.5. The molecule has 1 heterocycles. The van der Waals surface area contributed by atoms with Crippen molar-refractivity contribution in [3.8, 4) is 0 Å². The average molecular weight is 193 g/mol. The van der Waals surface area contributed by atoms with Gasteiger partial charge in [-0.3, -0.25) is 4.90 Å². The summed E-state index contributed by atoms with van der Waals surface area (Å²) in [5.41, 5.74) is 4.94. The molecule has 1 aliphatic heterocycles. The molecule has 3 nitrogen and oxygen atoms in total. The van der Waals surface area contributed by atoms with Crippen LogP contribution in [0, 0.1) is 0 Å². The van der Waals surface area contributed by atoms with Gasteiger partial charge >= 0.3 is 0 Å². The van der Waals surface area contributed by atoms with Crippen molar-refractivity contribution < 1.29 is 8.78 Å². The summed E-state index contributed by atoms with van der Waals surface area (Å²) >= 11 is 0. The van der Waals surface area contributed by atoms with Gasteiger partial charge in [-0.2, -0.15) is 0 Å². The molecule has 0 saturated carbocycles. The average Bonchev–Trinajstić information content (AvgIpc) is 1.95. The zero-order valence-corrected chi connectivity index (χ0v) is 8.13. The van der Waals surface area contributed by atoms with Crippen LogP contribution in [-0.4, -0.2) is 62.0 Å². The fourth-order valence-corrected chi connectivity index (χ4v) is 1.39. The minimum Gasteiger partial charge on any atom is -0.325 e. The van der Waals surface area contributed by atoms with E-state index in [1.54, 1.807) is 4.90 Å². The summed E-state index contributed by atoms with van der Waals surface area (Å²) in [5.74, 6) is -2.72. The maximum Gasteiger partial charge on any atom is 0.272 e. The second kappa shape index (κ2) is 3.86. The highest BCUT2D eigenvalue weighted by Gasteiger charge is 2.36. The van der Waals surface area contributed by atoms with E-state index in [1.807, 2.05) is 14.1 Å². The summed E-state index contributed by atoms with van der Waals surface area (Å²) in [7, 11) is 3.92. The zero-order valence-electron chi connectivity index (χ0n) is 8.13. The van der Waals surface area contributed by atoms with Crippen molar-refractivity contribution in [2.45, 2.75) is 12.0 Å². The molecule has 0 aromatic heterocycles. The largest absolute Gasteiger partial charge is 0.325 e. The molecule has 1 aliphatic rings. The third kappa shape index (κ3) is 2.86. The van der Waals surface area contributed by atoms with Gasteiger partial charge in [-0.1, -0.05) is 0 Å². The Kier molecular flexibility index (Phi) is 3.21. The number of nitrogens with zero attached hydrogens (tertiary/aromatic N) is 2. The molecule has 1 rings (SSSR count). The number of likely N-dealkylation sites (tertiary alicyclic amines) is 1. The normalized spacial score (nSPS) is 20.8. The van der Waals surface area contributed by atoms with Crippen molar-refractivity contribution >= 4 is 0 Å². The smallest absolute Gasteiger partial charge is 0.272 e. The summed E-state index contributed by atoms with van der Waals surface area (Å²) in [6, 6.07) is 0.425. The predicted molar refractivity (Wildman–Crippen MR) is 47.9 cm³/mol. The Balaban J connectivity index is 2.21. The van der Waals surface area contributed by atoms with E-state index in [4.69, 9.17) is 5.73 Å². The summed E-state index contributed by atoms with van der Waals surface area (Å²) in [6.45, 7) is 0.690. The van der Waals surface area contributed by atoms with E-state index in [0.717, 1.165) is 13.1 Å². The van der Waals surface area contributed by atoms with Crippen LogP contribution in [0.25, 0.3) is 0 Å². The third-order valence-corrected chi connectivity index (χ3v) is 2.42. The van der Waals surface area contributed by atoms with E-state index in [2.05, 4.69) is 4.90 Å². The van der Waals surface area contributed by atoms with Gasteiger partial charge in [0.2, 0.25) is 0 Å². The van der Waals surface area contributed by atoms with Crippen molar-refractivity contribution in [3.63, 3.8) is 0 Å². The Hall–Kier alpha value is -0.260. The quantitative estimate of drug-likeness (QED) is 0.672. The molecule has 2 N–H and O–H groups in total. The fourth-order valence-electron chi connectivity index (χ4n) is 1.39. The predicted octanol–water partition coefficient (Wildman–Crippen LogP) is -0.174. The van der Waals surface area contributed by atoms with E-state index in [9.17, 15) is 8.78 Å². The number of halogens is 2. The van der Waals surface area contributed by atoms with Crippen LogP contribution in [0.5, 0.6) is 0 Å². The van der Waals surface area contributed by atoms with Gasteiger partial charge in [0.05, 0.1) is 13.1 Å². The molecular formula is C8H17F2N3. The Bertz CT molecular complexity index is 167. The van der Waals surface area contributed by atoms with E-state index < -0.39 is 12.5 Å². The van der Waals surface area contributed by atoms with Crippen LogP contribution in [0.15, 0.2) is 0 Å². The van der Waals surface area contributed by atoms with Crippen LogP contribution in [0.1, 0.15) is 0 Å². The fraction of sp³-hybridized carbons (Fsp3) is 1.00. The topological polar surface area (TPSA) is 32.5 Å². The Morgan fingerprint density at radius 2 is 2.00 bits per heavy atom. The molecule has 0 aromatic rings. The minimum absolute atomic E-state index is 0.201. The lowest BCUT2D eigenvalue weighted by atomic mass is 10.1. The van der Waals surface area contributed by atoms with Gasteiger partial charge in [0.1, 0.15) is 0 Å². The first-order chi connectivity index (χ1) is 5.94. The van der Waals surface area contributed by atoms with E-state index in [1.165, 1.54) is 0 Å². The highest BCUT2D eigenvalue weighted by atomic mass is 19.3. The SMILES string of the molecule is CN(C)C1CN(CC(F)(F)CN)C1. The van der Waals surface area contributed by atoms with Crippen LogP contribution < -0.4 is 5.73 Å². The van der Waals surface area contributed by atoms with Crippen LogP contribution in [0.4, 0.5) is 8.78 Å². The Morgan fingerprint density at radius 1 is 1.46 bits per heavy atom. The van der Waals surface area contributed by atoms with Gasteiger partial charge in [-0.15, -0.1) is 0 Å². The van der Waals surface area contributed by atoms with Crippen molar-refractivity contribution in [1.82, 2.24) is 9.80 Å². The molecule has 0 aromatic carbocycles. The van der Waals surface area contributed by atoms with Crippen LogP contribution in [0.2, 0.25) is 0 Å². The van der Waals surface area contributed by atoms with E-state index in [0.29, 0.717) is 6.04 Å². The summed E-state index contributed by atoms with van der Waals surface area (Å²) in [5, 5.41) is 0. The van der Waals surface area contributed by atoms with Crippen LogP contribution >= 0.6 is 0 Å². The highest BCUT2D eigenvalue weighted by molar-refractivity contribution is 4.88. The van der Waals surface area contributed by atoms with Gasteiger partial charge < -0.3 is 10.6 Å². The lowest BCUT2D eigenvalue weighted by Gasteiger charge is -2.43. The second-order valence-corrected chi connectivity index (χ2v) is 3.87. The molecule has 0 radical (unpaired) electrons. The van der Waals surface area contributed by atoms with Gasteiger partial charge in [0.15, 0.2) is 0 Å². The van der Waals surface area contributed by atoms with Crippen LogP contribution in [-0.2, 0) is 0 Å². The molecule has 0 aliphatic carbocycles. The Morgan fingerprint density at radius 3 is 2.38 bits per heavy atom. The number of hydrogen-bond donors (Lipinski definition) is 1. The van der Waals surface area contributed by atoms with Gasteiger partial charge in [-0.25, -0.2) is 8.78 Å². The number of rotatable bonds is 4. The number of nitrogens with two attached hydrogens (primary N) is 1. The maximum absolute atomic E-state index is 12.8. The molecule has 0 spiro atoms. The zero-order chi connectivity index (χ0) is 10.1. The highest BCUT2D eigenvalue weighted by Crippen LogP contribution is 2.19. The maximum atomic E-state index is 12.8. The molecule has 5 heteroatoms.